The highest BCUT2D eigenvalue weighted by Gasteiger charge is 2.23. The van der Waals surface area contributed by atoms with Crippen LogP contribution in [0.15, 0.2) is 24.4 Å². The molecule has 1 aliphatic carbocycles. The fraction of sp³-hybridized carbons (Fsp3) is 0.353. The minimum Gasteiger partial charge on any atom is -0.478 e. The number of nitrogens with one attached hydrogen (secondary N) is 1. The van der Waals surface area contributed by atoms with Crippen molar-refractivity contribution < 1.29 is 9.90 Å². The molecule has 5 nitrogen and oxygen atoms in total. The van der Waals surface area contributed by atoms with Gasteiger partial charge in [-0.3, -0.25) is 9.97 Å². The molecule has 0 saturated carbocycles. The van der Waals surface area contributed by atoms with Crippen LogP contribution in [0.2, 0.25) is 0 Å². The molecule has 2 heterocycles. The Kier molecular flexibility index (Phi) is 3.90. The first-order chi connectivity index (χ1) is 10.6. The Morgan fingerprint density at radius 2 is 2.27 bits per heavy atom. The van der Waals surface area contributed by atoms with Crippen LogP contribution in [-0.2, 0) is 13.0 Å². The highest BCUT2D eigenvalue weighted by atomic mass is 16.4. The van der Waals surface area contributed by atoms with E-state index in [1.165, 1.54) is 5.56 Å². The molecular weight excluding hydrogens is 278 g/mol. The van der Waals surface area contributed by atoms with Gasteiger partial charge in [0.1, 0.15) is 0 Å². The second-order valence-electron chi connectivity index (χ2n) is 5.70. The summed E-state index contributed by atoms with van der Waals surface area (Å²) < 4.78 is 0. The van der Waals surface area contributed by atoms with E-state index in [0.29, 0.717) is 12.1 Å². The monoisotopic (exact) mass is 297 g/mol. The molecule has 0 aliphatic heterocycles. The summed E-state index contributed by atoms with van der Waals surface area (Å²) in [5, 5.41) is 12.7. The normalized spacial score (nSPS) is 16.5. The van der Waals surface area contributed by atoms with Crippen molar-refractivity contribution in [1.29, 1.82) is 0 Å². The van der Waals surface area contributed by atoms with E-state index in [9.17, 15) is 9.90 Å². The summed E-state index contributed by atoms with van der Waals surface area (Å²) in [7, 11) is 0. The number of hydrogen-bond acceptors (Lipinski definition) is 4. The van der Waals surface area contributed by atoms with Crippen LogP contribution in [0.4, 0.5) is 0 Å². The number of fused-ring (bicyclic) bond motifs is 1. The molecular formula is C17H19N3O2. The van der Waals surface area contributed by atoms with Gasteiger partial charge in [-0.2, -0.15) is 0 Å². The largest absolute Gasteiger partial charge is 0.478 e. The molecule has 0 aromatic carbocycles. The van der Waals surface area contributed by atoms with Gasteiger partial charge in [0.15, 0.2) is 0 Å². The topological polar surface area (TPSA) is 75.1 Å². The molecule has 3 rings (SSSR count). The van der Waals surface area contributed by atoms with Crippen LogP contribution in [-0.4, -0.2) is 21.0 Å². The molecule has 2 N–H and O–H groups in total. The lowest BCUT2D eigenvalue weighted by atomic mass is 10.1. The quantitative estimate of drug-likeness (QED) is 0.907. The molecule has 0 spiro atoms. The third-order valence-corrected chi connectivity index (χ3v) is 4.29. The first kappa shape index (κ1) is 14.7. The second-order valence-corrected chi connectivity index (χ2v) is 5.70. The maximum Gasteiger partial charge on any atom is 0.336 e. The van der Waals surface area contributed by atoms with Crippen LogP contribution in [0.3, 0.4) is 0 Å². The van der Waals surface area contributed by atoms with Gasteiger partial charge in [0, 0.05) is 18.4 Å². The average molecular weight is 297 g/mol. The summed E-state index contributed by atoms with van der Waals surface area (Å²) >= 11 is 0. The van der Waals surface area contributed by atoms with E-state index in [0.717, 1.165) is 35.5 Å². The predicted octanol–water partition coefficient (Wildman–Crippen LogP) is 2.57. The van der Waals surface area contributed by atoms with Crippen molar-refractivity contribution in [3.05, 3.63) is 58.2 Å². The van der Waals surface area contributed by atoms with E-state index in [1.807, 2.05) is 19.2 Å². The van der Waals surface area contributed by atoms with E-state index in [4.69, 9.17) is 0 Å². The molecule has 2 aromatic heterocycles. The Morgan fingerprint density at radius 1 is 1.45 bits per heavy atom. The van der Waals surface area contributed by atoms with E-state index >= 15 is 0 Å². The molecule has 0 amide bonds. The Labute approximate surface area is 129 Å². The van der Waals surface area contributed by atoms with Crippen LogP contribution >= 0.6 is 0 Å². The Morgan fingerprint density at radius 3 is 3.05 bits per heavy atom. The van der Waals surface area contributed by atoms with Gasteiger partial charge in [-0.1, -0.05) is 6.07 Å². The molecule has 114 valence electrons. The fourth-order valence-electron chi connectivity index (χ4n) is 2.95. The van der Waals surface area contributed by atoms with Gasteiger partial charge in [0.05, 0.1) is 23.0 Å². The number of carbonyl (C=O) groups is 1. The van der Waals surface area contributed by atoms with Gasteiger partial charge in [-0.05, 0) is 49.9 Å². The maximum absolute atomic E-state index is 11.3. The van der Waals surface area contributed by atoms with Crippen molar-refractivity contribution >= 4 is 5.97 Å². The van der Waals surface area contributed by atoms with Crippen LogP contribution < -0.4 is 5.32 Å². The summed E-state index contributed by atoms with van der Waals surface area (Å²) in [4.78, 5) is 20.2. The minimum atomic E-state index is -0.905. The Balaban J connectivity index is 1.77. The summed E-state index contributed by atoms with van der Waals surface area (Å²) in [5.41, 5.74) is 4.97. The second kappa shape index (κ2) is 5.85. The number of pyridine rings is 2. The first-order valence-corrected chi connectivity index (χ1v) is 7.44. The van der Waals surface area contributed by atoms with Gasteiger partial charge >= 0.3 is 5.97 Å². The zero-order valence-corrected chi connectivity index (χ0v) is 12.8. The zero-order valence-electron chi connectivity index (χ0n) is 12.8. The number of aromatic nitrogens is 2. The van der Waals surface area contributed by atoms with Crippen molar-refractivity contribution in [2.45, 2.75) is 39.3 Å². The summed E-state index contributed by atoms with van der Waals surface area (Å²) in [6.07, 6.45) is 3.86. The number of hydrogen-bond donors (Lipinski definition) is 2. The van der Waals surface area contributed by atoms with Crippen LogP contribution in [0, 0.1) is 13.8 Å². The molecule has 5 heteroatoms. The van der Waals surface area contributed by atoms with Gasteiger partial charge in [-0.15, -0.1) is 0 Å². The Bertz CT molecular complexity index is 728. The van der Waals surface area contributed by atoms with E-state index < -0.39 is 5.97 Å². The lowest BCUT2D eigenvalue weighted by molar-refractivity contribution is 0.0695. The highest BCUT2D eigenvalue weighted by Crippen LogP contribution is 2.29. The van der Waals surface area contributed by atoms with Gasteiger partial charge in [-0.25, -0.2) is 4.79 Å². The number of carboxylic acids is 1. The van der Waals surface area contributed by atoms with Crippen LogP contribution in [0.25, 0.3) is 0 Å². The van der Waals surface area contributed by atoms with Gasteiger partial charge < -0.3 is 10.4 Å². The number of rotatable bonds is 4. The summed E-state index contributed by atoms with van der Waals surface area (Å²) in [6.45, 7) is 4.18. The van der Waals surface area contributed by atoms with Crippen molar-refractivity contribution in [1.82, 2.24) is 15.3 Å². The summed E-state index contributed by atoms with van der Waals surface area (Å²) in [6, 6.07) is 5.95. The zero-order chi connectivity index (χ0) is 15.7. The molecule has 0 radical (unpaired) electrons. The number of aromatic carboxylic acids is 1. The van der Waals surface area contributed by atoms with Crippen molar-refractivity contribution in [2.75, 3.05) is 0 Å². The first-order valence-electron chi connectivity index (χ1n) is 7.44. The Hall–Kier alpha value is -2.27. The van der Waals surface area contributed by atoms with Gasteiger partial charge in [0.25, 0.3) is 0 Å². The van der Waals surface area contributed by atoms with Crippen molar-refractivity contribution in [3.8, 4) is 0 Å². The predicted molar refractivity (Wildman–Crippen MR) is 82.8 cm³/mol. The van der Waals surface area contributed by atoms with Crippen LogP contribution in [0.1, 0.15) is 51.0 Å². The molecule has 0 saturated heterocycles. The minimum absolute atomic E-state index is 0.216. The average Bonchev–Trinajstić information content (AvgIpc) is 2.91. The molecule has 1 aliphatic rings. The molecule has 0 unspecified atom stereocenters. The lowest BCUT2D eigenvalue weighted by Crippen LogP contribution is -2.21. The van der Waals surface area contributed by atoms with E-state index in [1.54, 1.807) is 13.0 Å². The summed E-state index contributed by atoms with van der Waals surface area (Å²) in [5.74, 6) is -0.905. The SMILES string of the molecule is Cc1nc(CN[C@H]2CCc3cccnc32)cc(C(=O)O)c1C. The molecule has 2 aromatic rings. The molecule has 0 fully saturated rings. The van der Waals surface area contributed by atoms with Crippen molar-refractivity contribution in [2.24, 2.45) is 0 Å². The number of nitrogens with zero attached hydrogens (tertiary/aromatic N) is 2. The lowest BCUT2D eigenvalue weighted by Gasteiger charge is -2.14. The number of carboxylic acid groups (broad SMARTS) is 1. The molecule has 22 heavy (non-hydrogen) atoms. The maximum atomic E-state index is 11.3. The fourth-order valence-corrected chi connectivity index (χ4v) is 2.95. The van der Waals surface area contributed by atoms with E-state index in [2.05, 4.69) is 21.4 Å². The molecule has 0 bridgehead atoms. The smallest absolute Gasteiger partial charge is 0.336 e. The molecule has 1 atom stereocenters. The standard InChI is InChI=1S/C17H19N3O2/c1-10-11(2)20-13(8-14(10)17(21)22)9-19-15-6-5-12-4-3-7-18-16(12)15/h3-4,7-8,15,19H,5-6,9H2,1-2H3,(H,21,22)/t15-/m0/s1. The highest BCUT2D eigenvalue weighted by molar-refractivity contribution is 5.89. The van der Waals surface area contributed by atoms with Crippen molar-refractivity contribution in [3.63, 3.8) is 0 Å². The number of aryl methyl sites for hydroxylation is 2. The van der Waals surface area contributed by atoms with Gasteiger partial charge in [0.2, 0.25) is 0 Å². The third-order valence-electron chi connectivity index (χ3n) is 4.29. The van der Waals surface area contributed by atoms with E-state index in [-0.39, 0.29) is 6.04 Å². The third kappa shape index (κ3) is 2.72. The van der Waals surface area contributed by atoms with Crippen LogP contribution in [0.5, 0.6) is 0 Å².